The largest absolute Gasteiger partial charge is 0.386 e. The molecular formula is C15H18N2O. The van der Waals surface area contributed by atoms with Gasteiger partial charge in [-0.2, -0.15) is 0 Å². The van der Waals surface area contributed by atoms with E-state index in [1.54, 1.807) is 20.0 Å². The SMILES string of the molecule is Cc1c(-c2ccnc(N)c2)cccc1C(C)(C)O. The van der Waals surface area contributed by atoms with Gasteiger partial charge in [0.15, 0.2) is 0 Å². The Balaban J connectivity index is 2.60. The number of aliphatic hydroxyl groups is 1. The Hall–Kier alpha value is -1.87. The smallest absolute Gasteiger partial charge is 0.123 e. The Morgan fingerprint density at radius 3 is 2.56 bits per heavy atom. The van der Waals surface area contributed by atoms with Crippen LogP contribution < -0.4 is 5.73 Å². The van der Waals surface area contributed by atoms with Gasteiger partial charge in [0.05, 0.1) is 5.60 Å². The highest BCUT2D eigenvalue weighted by atomic mass is 16.3. The topological polar surface area (TPSA) is 59.1 Å². The molecule has 0 fully saturated rings. The highest BCUT2D eigenvalue weighted by Gasteiger charge is 2.19. The molecule has 18 heavy (non-hydrogen) atoms. The van der Waals surface area contributed by atoms with E-state index in [0.717, 1.165) is 22.3 Å². The summed E-state index contributed by atoms with van der Waals surface area (Å²) in [6.45, 7) is 5.60. The van der Waals surface area contributed by atoms with E-state index in [1.165, 1.54) is 0 Å². The summed E-state index contributed by atoms with van der Waals surface area (Å²) in [7, 11) is 0. The number of nitrogens with zero attached hydrogens (tertiary/aromatic N) is 1. The van der Waals surface area contributed by atoms with Crippen LogP contribution in [0.2, 0.25) is 0 Å². The average Bonchev–Trinajstić information content (AvgIpc) is 2.27. The van der Waals surface area contributed by atoms with Crippen LogP contribution >= 0.6 is 0 Å². The van der Waals surface area contributed by atoms with E-state index in [9.17, 15) is 5.11 Å². The molecule has 0 bridgehead atoms. The third-order valence-corrected chi connectivity index (χ3v) is 3.09. The highest BCUT2D eigenvalue weighted by Crippen LogP contribution is 2.31. The van der Waals surface area contributed by atoms with Crippen LogP contribution in [0.3, 0.4) is 0 Å². The molecule has 0 spiro atoms. The Bertz CT molecular complexity index is 571. The molecule has 0 radical (unpaired) electrons. The molecule has 0 unspecified atom stereocenters. The van der Waals surface area contributed by atoms with Crippen molar-refractivity contribution in [2.45, 2.75) is 26.4 Å². The summed E-state index contributed by atoms with van der Waals surface area (Å²) in [4.78, 5) is 3.99. The van der Waals surface area contributed by atoms with Crippen LogP contribution in [0.25, 0.3) is 11.1 Å². The van der Waals surface area contributed by atoms with Gasteiger partial charge in [-0.3, -0.25) is 0 Å². The molecule has 0 saturated heterocycles. The number of nitrogen functional groups attached to an aromatic ring is 1. The van der Waals surface area contributed by atoms with Gasteiger partial charge in [-0.15, -0.1) is 0 Å². The first-order valence-electron chi connectivity index (χ1n) is 5.94. The molecule has 2 rings (SSSR count). The van der Waals surface area contributed by atoms with Crippen LogP contribution in [0.5, 0.6) is 0 Å². The Morgan fingerprint density at radius 1 is 1.22 bits per heavy atom. The van der Waals surface area contributed by atoms with E-state index in [2.05, 4.69) is 4.98 Å². The second kappa shape index (κ2) is 4.42. The van der Waals surface area contributed by atoms with Gasteiger partial charge in [-0.1, -0.05) is 18.2 Å². The molecule has 0 amide bonds. The zero-order valence-corrected chi connectivity index (χ0v) is 10.9. The fraction of sp³-hybridized carbons (Fsp3) is 0.267. The fourth-order valence-corrected chi connectivity index (χ4v) is 2.23. The van der Waals surface area contributed by atoms with Gasteiger partial charge in [0, 0.05) is 6.20 Å². The minimum Gasteiger partial charge on any atom is -0.386 e. The lowest BCUT2D eigenvalue weighted by Gasteiger charge is -2.22. The Kier molecular flexibility index (Phi) is 3.09. The predicted octanol–water partition coefficient (Wildman–Crippen LogP) is 2.87. The van der Waals surface area contributed by atoms with Crippen LogP contribution in [0.15, 0.2) is 36.5 Å². The third-order valence-electron chi connectivity index (χ3n) is 3.09. The van der Waals surface area contributed by atoms with Crippen molar-refractivity contribution in [2.75, 3.05) is 5.73 Å². The van der Waals surface area contributed by atoms with Gasteiger partial charge >= 0.3 is 0 Å². The number of nitrogens with two attached hydrogens (primary N) is 1. The summed E-state index contributed by atoms with van der Waals surface area (Å²) < 4.78 is 0. The molecule has 94 valence electrons. The van der Waals surface area contributed by atoms with E-state index in [4.69, 9.17) is 5.73 Å². The van der Waals surface area contributed by atoms with Gasteiger partial charge in [0.25, 0.3) is 0 Å². The molecule has 3 N–H and O–H groups in total. The standard InChI is InChI=1S/C15H18N2O/c1-10-12(11-7-8-17-14(16)9-11)5-4-6-13(10)15(2,3)18/h4-9,18H,1-3H3,(H2,16,17). The number of pyridine rings is 1. The minimum atomic E-state index is -0.849. The van der Waals surface area contributed by atoms with E-state index >= 15 is 0 Å². The summed E-state index contributed by atoms with van der Waals surface area (Å²) >= 11 is 0. The zero-order chi connectivity index (χ0) is 13.3. The first-order chi connectivity index (χ1) is 8.39. The molecule has 1 heterocycles. The molecule has 2 aromatic rings. The van der Waals surface area contributed by atoms with Crippen molar-refractivity contribution in [2.24, 2.45) is 0 Å². The monoisotopic (exact) mass is 242 g/mol. The van der Waals surface area contributed by atoms with Gasteiger partial charge in [0.1, 0.15) is 5.82 Å². The van der Waals surface area contributed by atoms with Crippen molar-refractivity contribution in [3.63, 3.8) is 0 Å². The number of rotatable bonds is 2. The number of anilines is 1. The summed E-state index contributed by atoms with van der Waals surface area (Å²) in [6.07, 6.45) is 1.70. The maximum atomic E-state index is 10.2. The van der Waals surface area contributed by atoms with Gasteiger partial charge in [-0.25, -0.2) is 4.98 Å². The van der Waals surface area contributed by atoms with Crippen molar-refractivity contribution in [1.82, 2.24) is 4.98 Å². The molecule has 1 aromatic carbocycles. The second-order valence-electron chi connectivity index (χ2n) is 5.01. The van der Waals surface area contributed by atoms with Crippen LogP contribution in [0.1, 0.15) is 25.0 Å². The lowest BCUT2D eigenvalue weighted by atomic mass is 9.89. The van der Waals surface area contributed by atoms with Crippen LogP contribution in [-0.4, -0.2) is 10.1 Å². The molecule has 0 atom stereocenters. The fourth-order valence-electron chi connectivity index (χ4n) is 2.23. The first kappa shape index (κ1) is 12.6. The first-order valence-corrected chi connectivity index (χ1v) is 5.94. The van der Waals surface area contributed by atoms with Gasteiger partial charge < -0.3 is 10.8 Å². The number of aromatic nitrogens is 1. The number of hydrogen-bond donors (Lipinski definition) is 2. The van der Waals surface area contributed by atoms with Gasteiger partial charge in [0.2, 0.25) is 0 Å². The lowest BCUT2D eigenvalue weighted by molar-refractivity contribution is 0.0780. The number of benzene rings is 1. The molecule has 0 aliphatic carbocycles. The van der Waals surface area contributed by atoms with Crippen molar-refractivity contribution < 1.29 is 5.11 Å². The normalized spacial score (nSPS) is 11.6. The lowest BCUT2D eigenvalue weighted by Crippen LogP contribution is -2.17. The maximum absolute atomic E-state index is 10.2. The van der Waals surface area contributed by atoms with Crippen molar-refractivity contribution in [3.8, 4) is 11.1 Å². The highest BCUT2D eigenvalue weighted by molar-refractivity contribution is 5.70. The van der Waals surface area contributed by atoms with Crippen molar-refractivity contribution in [3.05, 3.63) is 47.7 Å². The van der Waals surface area contributed by atoms with Crippen LogP contribution in [-0.2, 0) is 5.60 Å². The number of hydrogen-bond acceptors (Lipinski definition) is 3. The zero-order valence-electron chi connectivity index (χ0n) is 10.9. The second-order valence-corrected chi connectivity index (χ2v) is 5.01. The van der Waals surface area contributed by atoms with Crippen molar-refractivity contribution in [1.29, 1.82) is 0 Å². The van der Waals surface area contributed by atoms with Crippen LogP contribution in [0, 0.1) is 6.92 Å². The summed E-state index contributed by atoms with van der Waals surface area (Å²) in [6, 6.07) is 9.69. The van der Waals surface area contributed by atoms with E-state index in [1.807, 2.05) is 37.3 Å². The minimum absolute atomic E-state index is 0.501. The van der Waals surface area contributed by atoms with Crippen molar-refractivity contribution >= 4 is 5.82 Å². The summed E-state index contributed by atoms with van der Waals surface area (Å²) in [5.41, 5.74) is 8.94. The maximum Gasteiger partial charge on any atom is 0.123 e. The van der Waals surface area contributed by atoms with Gasteiger partial charge in [-0.05, 0) is 55.2 Å². The average molecular weight is 242 g/mol. The molecule has 1 aromatic heterocycles. The molecule has 3 heteroatoms. The Labute approximate surface area is 107 Å². The molecule has 0 saturated carbocycles. The summed E-state index contributed by atoms with van der Waals surface area (Å²) in [5.74, 6) is 0.501. The predicted molar refractivity (Wildman–Crippen MR) is 74.1 cm³/mol. The molecule has 3 nitrogen and oxygen atoms in total. The Morgan fingerprint density at radius 2 is 1.94 bits per heavy atom. The molecule has 0 aliphatic heterocycles. The third kappa shape index (κ3) is 2.36. The molecule has 0 aliphatic rings. The quantitative estimate of drug-likeness (QED) is 0.851. The summed E-state index contributed by atoms with van der Waals surface area (Å²) in [5, 5.41) is 10.2. The van der Waals surface area contributed by atoms with E-state index < -0.39 is 5.60 Å². The van der Waals surface area contributed by atoms with E-state index in [-0.39, 0.29) is 0 Å². The van der Waals surface area contributed by atoms with E-state index in [0.29, 0.717) is 5.82 Å². The molecular weight excluding hydrogens is 224 g/mol. The van der Waals surface area contributed by atoms with Crippen LogP contribution in [0.4, 0.5) is 5.82 Å².